The van der Waals surface area contributed by atoms with Gasteiger partial charge in [0.1, 0.15) is 24.7 Å². The molecule has 14 heavy (non-hydrogen) atoms. The van der Waals surface area contributed by atoms with E-state index in [0.29, 0.717) is 13.2 Å². The fourth-order valence-electron chi connectivity index (χ4n) is 1.81. The molecule has 0 amide bonds. The average molecular weight is 190 g/mol. The zero-order chi connectivity index (χ0) is 9.54. The van der Waals surface area contributed by atoms with Gasteiger partial charge in [-0.1, -0.05) is 5.16 Å². The second-order valence-corrected chi connectivity index (χ2v) is 3.54. The van der Waals surface area contributed by atoms with E-state index in [-0.39, 0.29) is 5.92 Å². The van der Waals surface area contributed by atoms with Crippen LogP contribution in [0.1, 0.15) is 5.56 Å². The highest BCUT2D eigenvalue weighted by atomic mass is 16.6. The van der Waals surface area contributed by atoms with Crippen LogP contribution in [0.5, 0.6) is 5.75 Å². The highest BCUT2D eigenvalue weighted by molar-refractivity contribution is 6.06. The largest absolute Gasteiger partial charge is 0.492 e. The third-order valence-corrected chi connectivity index (χ3v) is 2.54. The number of hydrogen-bond acceptors (Lipinski definition) is 4. The Kier molecular flexibility index (Phi) is 1.45. The quantitative estimate of drug-likeness (QED) is 0.621. The molecular formula is C10H10N2O2. The lowest BCUT2D eigenvalue weighted by molar-refractivity contribution is 0.137. The third-order valence-electron chi connectivity index (χ3n) is 2.54. The van der Waals surface area contributed by atoms with Gasteiger partial charge in [0.25, 0.3) is 0 Å². The highest BCUT2D eigenvalue weighted by Gasteiger charge is 2.31. The number of oxime groups is 1. The van der Waals surface area contributed by atoms with Crippen molar-refractivity contribution in [2.75, 3.05) is 18.9 Å². The van der Waals surface area contributed by atoms with Gasteiger partial charge in [-0.15, -0.1) is 0 Å². The smallest absolute Gasteiger partial charge is 0.129 e. The van der Waals surface area contributed by atoms with E-state index in [0.717, 1.165) is 22.7 Å². The second-order valence-electron chi connectivity index (χ2n) is 3.54. The Labute approximate surface area is 81.3 Å². The van der Waals surface area contributed by atoms with Gasteiger partial charge < -0.3 is 15.3 Å². The number of fused-ring (bicyclic) bond motifs is 3. The number of nitrogen functional groups attached to an aromatic ring is 1. The van der Waals surface area contributed by atoms with Crippen molar-refractivity contribution in [1.82, 2.24) is 0 Å². The Morgan fingerprint density at radius 2 is 2.29 bits per heavy atom. The summed E-state index contributed by atoms with van der Waals surface area (Å²) in [5.41, 5.74) is 8.38. The fraction of sp³-hybridized carbons (Fsp3) is 0.300. The van der Waals surface area contributed by atoms with E-state index >= 15 is 0 Å². The lowest BCUT2D eigenvalue weighted by Crippen LogP contribution is -2.27. The van der Waals surface area contributed by atoms with Gasteiger partial charge in [0.15, 0.2) is 0 Å². The number of hydrogen-bond donors (Lipinski definition) is 1. The third kappa shape index (κ3) is 0.968. The van der Waals surface area contributed by atoms with Crippen molar-refractivity contribution in [2.45, 2.75) is 0 Å². The molecule has 1 atom stereocenters. The van der Waals surface area contributed by atoms with Crippen molar-refractivity contribution < 1.29 is 9.57 Å². The Hall–Kier alpha value is -1.71. The Morgan fingerprint density at radius 3 is 3.21 bits per heavy atom. The predicted molar refractivity (Wildman–Crippen MR) is 52.3 cm³/mol. The van der Waals surface area contributed by atoms with Crippen LogP contribution in [0.15, 0.2) is 23.4 Å². The molecule has 0 saturated heterocycles. The van der Waals surface area contributed by atoms with E-state index in [9.17, 15) is 0 Å². The maximum absolute atomic E-state index is 5.71. The molecule has 1 aromatic rings. The van der Waals surface area contributed by atoms with Gasteiger partial charge in [-0.2, -0.15) is 0 Å². The molecule has 4 nitrogen and oxygen atoms in total. The van der Waals surface area contributed by atoms with Crippen LogP contribution < -0.4 is 10.5 Å². The zero-order valence-electron chi connectivity index (χ0n) is 7.56. The summed E-state index contributed by atoms with van der Waals surface area (Å²) in [5.74, 6) is 1.11. The first-order chi connectivity index (χ1) is 6.84. The molecule has 4 heteroatoms. The number of rotatable bonds is 0. The molecule has 3 rings (SSSR count). The Morgan fingerprint density at radius 1 is 1.36 bits per heavy atom. The molecule has 1 aromatic carbocycles. The van der Waals surface area contributed by atoms with Gasteiger partial charge in [0, 0.05) is 11.3 Å². The number of nitrogens with zero attached hydrogens (tertiary/aromatic N) is 1. The minimum absolute atomic E-state index is 0.268. The summed E-state index contributed by atoms with van der Waals surface area (Å²) < 4.78 is 5.58. The van der Waals surface area contributed by atoms with Gasteiger partial charge in [0.2, 0.25) is 0 Å². The van der Waals surface area contributed by atoms with Crippen LogP contribution in [0.3, 0.4) is 0 Å². The second kappa shape index (κ2) is 2.64. The minimum Gasteiger partial charge on any atom is -0.492 e. The van der Waals surface area contributed by atoms with E-state index < -0.39 is 0 Å². The monoisotopic (exact) mass is 190 g/mol. The first-order valence-corrected chi connectivity index (χ1v) is 4.57. The topological polar surface area (TPSA) is 56.8 Å². The summed E-state index contributed by atoms with van der Waals surface area (Å²) >= 11 is 0. The average Bonchev–Trinajstić information content (AvgIpc) is 2.65. The van der Waals surface area contributed by atoms with Crippen LogP contribution in [-0.2, 0) is 4.84 Å². The SMILES string of the molecule is Nc1ccc2c(c1)C1=NOCC1CO2. The molecule has 2 aliphatic heterocycles. The normalized spacial score (nSPS) is 22.9. The molecule has 0 aliphatic carbocycles. The van der Waals surface area contributed by atoms with Crippen molar-refractivity contribution >= 4 is 11.4 Å². The minimum atomic E-state index is 0.268. The molecule has 72 valence electrons. The maximum atomic E-state index is 5.71. The number of benzene rings is 1. The molecule has 0 radical (unpaired) electrons. The summed E-state index contributed by atoms with van der Waals surface area (Å²) in [5, 5.41) is 4.02. The molecule has 2 N–H and O–H groups in total. The van der Waals surface area contributed by atoms with Crippen molar-refractivity contribution in [2.24, 2.45) is 11.1 Å². The number of anilines is 1. The standard InChI is InChI=1S/C10H10N2O2/c11-7-1-2-9-8(3-7)10-6(4-13-9)5-14-12-10/h1-3,6H,4-5,11H2. The Balaban J connectivity index is 2.16. The predicted octanol–water partition coefficient (Wildman–Crippen LogP) is 1.01. The first-order valence-electron chi connectivity index (χ1n) is 4.57. The van der Waals surface area contributed by atoms with Crippen molar-refractivity contribution in [3.05, 3.63) is 23.8 Å². The van der Waals surface area contributed by atoms with Gasteiger partial charge in [-0.05, 0) is 18.2 Å². The summed E-state index contributed by atoms with van der Waals surface area (Å²) in [7, 11) is 0. The van der Waals surface area contributed by atoms with E-state index in [1.165, 1.54) is 0 Å². The molecule has 0 bridgehead atoms. The summed E-state index contributed by atoms with van der Waals surface area (Å²) in [4.78, 5) is 5.06. The van der Waals surface area contributed by atoms with Gasteiger partial charge >= 0.3 is 0 Å². The van der Waals surface area contributed by atoms with Gasteiger partial charge in [-0.3, -0.25) is 0 Å². The lowest BCUT2D eigenvalue weighted by atomic mass is 9.95. The molecule has 0 spiro atoms. The van der Waals surface area contributed by atoms with Crippen LogP contribution in [-0.4, -0.2) is 18.9 Å². The van der Waals surface area contributed by atoms with E-state index in [1.807, 2.05) is 18.2 Å². The van der Waals surface area contributed by atoms with Crippen LogP contribution in [0, 0.1) is 5.92 Å². The van der Waals surface area contributed by atoms with Gasteiger partial charge in [-0.25, -0.2) is 0 Å². The van der Waals surface area contributed by atoms with Crippen LogP contribution in [0.2, 0.25) is 0 Å². The zero-order valence-corrected chi connectivity index (χ0v) is 7.56. The fourth-order valence-corrected chi connectivity index (χ4v) is 1.81. The molecule has 0 aromatic heterocycles. The first kappa shape index (κ1) is 7.67. The van der Waals surface area contributed by atoms with Crippen LogP contribution in [0.4, 0.5) is 5.69 Å². The number of nitrogens with two attached hydrogens (primary N) is 1. The van der Waals surface area contributed by atoms with Crippen molar-refractivity contribution in [1.29, 1.82) is 0 Å². The summed E-state index contributed by atoms with van der Waals surface area (Å²) in [6.45, 7) is 1.26. The summed E-state index contributed by atoms with van der Waals surface area (Å²) in [6.07, 6.45) is 0. The van der Waals surface area contributed by atoms with Crippen LogP contribution in [0.25, 0.3) is 0 Å². The Bertz CT molecular complexity index is 415. The molecular weight excluding hydrogens is 180 g/mol. The van der Waals surface area contributed by atoms with E-state index in [1.54, 1.807) is 0 Å². The van der Waals surface area contributed by atoms with Gasteiger partial charge in [0.05, 0.1) is 5.92 Å². The molecule has 0 saturated carbocycles. The van der Waals surface area contributed by atoms with Crippen LogP contribution >= 0.6 is 0 Å². The van der Waals surface area contributed by atoms with Crippen molar-refractivity contribution in [3.63, 3.8) is 0 Å². The van der Waals surface area contributed by atoms with Crippen molar-refractivity contribution in [3.8, 4) is 5.75 Å². The molecule has 2 aliphatic rings. The lowest BCUT2D eigenvalue weighted by Gasteiger charge is -2.21. The highest BCUT2D eigenvalue weighted by Crippen LogP contribution is 2.31. The maximum Gasteiger partial charge on any atom is 0.129 e. The van der Waals surface area contributed by atoms with E-state index in [2.05, 4.69) is 5.16 Å². The molecule has 1 unspecified atom stereocenters. The summed E-state index contributed by atoms with van der Waals surface area (Å²) in [6, 6.07) is 5.59. The molecule has 0 fully saturated rings. The molecule has 2 heterocycles. The van der Waals surface area contributed by atoms with E-state index in [4.69, 9.17) is 15.3 Å². The number of ether oxygens (including phenoxy) is 1.